The Morgan fingerprint density at radius 2 is 1.11 bits per heavy atom. The van der Waals surface area contributed by atoms with Crippen molar-refractivity contribution < 1.29 is 0 Å². The molecule has 0 N–H and O–H groups in total. The molecular formula is C17H34Si2. The van der Waals surface area contributed by atoms with Crippen LogP contribution in [0.2, 0.25) is 51.4 Å². The molecule has 2 heteroatoms. The summed E-state index contributed by atoms with van der Waals surface area (Å²) in [6.45, 7) is 14.7. The van der Waals surface area contributed by atoms with Crippen molar-refractivity contribution in [3.8, 4) is 0 Å². The standard InChI is InChI=1S/C17H34Si2/c1-18(2,3)13-7-9-16-11-12-17(15-16)10-8-14-19(4,5)6/h7-10,16-17H,11-15H2,1-6H3. The molecule has 0 aromatic heterocycles. The van der Waals surface area contributed by atoms with Crippen molar-refractivity contribution in [2.45, 2.75) is 70.6 Å². The lowest BCUT2D eigenvalue weighted by molar-refractivity contribution is 0.638. The predicted molar refractivity (Wildman–Crippen MR) is 95.4 cm³/mol. The van der Waals surface area contributed by atoms with Crippen molar-refractivity contribution in [1.29, 1.82) is 0 Å². The van der Waals surface area contributed by atoms with Crippen LogP contribution in [0.4, 0.5) is 0 Å². The second-order valence-corrected chi connectivity index (χ2v) is 19.8. The monoisotopic (exact) mass is 294 g/mol. The molecule has 0 nitrogen and oxygen atoms in total. The van der Waals surface area contributed by atoms with E-state index in [-0.39, 0.29) is 0 Å². The van der Waals surface area contributed by atoms with Gasteiger partial charge in [-0.3, -0.25) is 0 Å². The second-order valence-electron chi connectivity index (χ2n) is 8.72. The average molecular weight is 295 g/mol. The molecular weight excluding hydrogens is 260 g/mol. The molecule has 0 radical (unpaired) electrons. The summed E-state index contributed by atoms with van der Waals surface area (Å²) in [5.74, 6) is 1.72. The lowest BCUT2D eigenvalue weighted by atomic mass is 10.0. The smallest absolute Gasteiger partial charge is 0.0480 e. The maximum Gasteiger partial charge on any atom is 0.0480 e. The zero-order valence-corrected chi connectivity index (χ0v) is 16.0. The molecule has 0 spiro atoms. The largest absolute Gasteiger partial charge is 0.0909 e. The molecule has 0 amide bonds. The predicted octanol–water partition coefficient (Wildman–Crippen LogP) is 6.19. The summed E-state index contributed by atoms with van der Waals surface area (Å²) < 4.78 is 0. The number of hydrogen-bond acceptors (Lipinski definition) is 0. The molecule has 0 saturated heterocycles. The topological polar surface area (TPSA) is 0 Å². The number of hydrogen-bond donors (Lipinski definition) is 0. The van der Waals surface area contributed by atoms with Crippen molar-refractivity contribution in [2.24, 2.45) is 11.8 Å². The third kappa shape index (κ3) is 8.64. The van der Waals surface area contributed by atoms with Crippen LogP contribution in [0.5, 0.6) is 0 Å². The summed E-state index contributed by atoms with van der Waals surface area (Å²) >= 11 is 0. The normalized spacial score (nSPS) is 25.8. The van der Waals surface area contributed by atoms with Crippen LogP contribution in [-0.2, 0) is 0 Å². The molecule has 1 rings (SSSR count). The first-order valence-corrected chi connectivity index (χ1v) is 15.4. The lowest BCUT2D eigenvalue weighted by Crippen LogP contribution is -2.17. The van der Waals surface area contributed by atoms with Crippen molar-refractivity contribution in [2.75, 3.05) is 0 Å². The zero-order valence-electron chi connectivity index (χ0n) is 14.0. The van der Waals surface area contributed by atoms with Gasteiger partial charge in [0.15, 0.2) is 0 Å². The highest BCUT2D eigenvalue weighted by Gasteiger charge is 2.21. The molecule has 1 aliphatic carbocycles. The second kappa shape index (κ2) is 7.07. The van der Waals surface area contributed by atoms with Crippen molar-refractivity contribution in [3.05, 3.63) is 24.3 Å². The first kappa shape index (κ1) is 17.0. The maximum atomic E-state index is 2.52. The van der Waals surface area contributed by atoms with Crippen LogP contribution in [-0.4, -0.2) is 16.1 Å². The van der Waals surface area contributed by atoms with Gasteiger partial charge in [-0.1, -0.05) is 63.6 Å². The minimum absolute atomic E-state index is 0.859. The van der Waals surface area contributed by atoms with Crippen molar-refractivity contribution in [3.63, 3.8) is 0 Å². The van der Waals surface area contributed by atoms with E-state index >= 15 is 0 Å². The highest BCUT2D eigenvalue weighted by atomic mass is 28.3. The van der Waals surface area contributed by atoms with Gasteiger partial charge in [0, 0.05) is 16.1 Å². The summed E-state index contributed by atoms with van der Waals surface area (Å²) in [6.07, 6.45) is 14.2. The fraction of sp³-hybridized carbons (Fsp3) is 0.765. The van der Waals surface area contributed by atoms with Gasteiger partial charge in [-0.15, -0.1) is 0 Å². The Hall–Kier alpha value is -0.0862. The molecule has 110 valence electrons. The van der Waals surface area contributed by atoms with Crippen LogP contribution in [0.3, 0.4) is 0 Å². The van der Waals surface area contributed by atoms with E-state index in [1.165, 1.54) is 31.4 Å². The van der Waals surface area contributed by atoms with Gasteiger partial charge in [-0.05, 0) is 43.2 Å². The molecule has 0 aromatic rings. The summed E-state index contributed by atoms with van der Waals surface area (Å²) in [6, 6.07) is 2.69. The fourth-order valence-corrected chi connectivity index (χ4v) is 4.32. The van der Waals surface area contributed by atoms with Crippen LogP contribution in [0.25, 0.3) is 0 Å². The summed E-state index contributed by atoms with van der Waals surface area (Å²) in [7, 11) is -1.77. The first-order chi connectivity index (χ1) is 8.66. The van der Waals surface area contributed by atoms with Gasteiger partial charge in [-0.25, -0.2) is 0 Å². The molecule has 0 heterocycles. The molecule has 0 aliphatic heterocycles. The Kier molecular flexibility index (Phi) is 6.32. The third-order valence-electron chi connectivity index (χ3n) is 3.79. The van der Waals surface area contributed by atoms with Gasteiger partial charge in [0.25, 0.3) is 0 Å². The molecule has 2 unspecified atom stereocenters. The quantitative estimate of drug-likeness (QED) is 0.404. The van der Waals surface area contributed by atoms with Crippen LogP contribution >= 0.6 is 0 Å². The van der Waals surface area contributed by atoms with Crippen LogP contribution in [0.1, 0.15) is 19.3 Å². The minimum Gasteiger partial charge on any atom is -0.0909 e. The summed E-state index contributed by atoms with van der Waals surface area (Å²) in [5.41, 5.74) is 0. The van der Waals surface area contributed by atoms with E-state index < -0.39 is 16.1 Å². The Morgan fingerprint density at radius 3 is 1.42 bits per heavy atom. The van der Waals surface area contributed by atoms with Crippen LogP contribution < -0.4 is 0 Å². The van der Waals surface area contributed by atoms with Crippen molar-refractivity contribution in [1.82, 2.24) is 0 Å². The van der Waals surface area contributed by atoms with Crippen LogP contribution in [0, 0.1) is 11.8 Å². The number of rotatable bonds is 6. The zero-order chi connectivity index (χ0) is 14.5. The van der Waals surface area contributed by atoms with Gasteiger partial charge in [0.1, 0.15) is 0 Å². The van der Waals surface area contributed by atoms with E-state index in [0.717, 1.165) is 11.8 Å². The van der Waals surface area contributed by atoms with E-state index in [1.807, 2.05) is 0 Å². The van der Waals surface area contributed by atoms with Gasteiger partial charge in [-0.2, -0.15) is 0 Å². The Labute approximate surface area is 123 Å². The highest BCUT2D eigenvalue weighted by molar-refractivity contribution is 6.76. The molecule has 2 atom stereocenters. The Balaban J connectivity index is 2.30. The molecule has 19 heavy (non-hydrogen) atoms. The van der Waals surface area contributed by atoms with E-state index in [9.17, 15) is 0 Å². The molecule has 0 aromatic carbocycles. The fourth-order valence-electron chi connectivity index (χ4n) is 2.63. The van der Waals surface area contributed by atoms with Gasteiger partial charge >= 0.3 is 0 Å². The molecule has 1 aliphatic rings. The van der Waals surface area contributed by atoms with Gasteiger partial charge in [0.2, 0.25) is 0 Å². The van der Waals surface area contributed by atoms with E-state index in [4.69, 9.17) is 0 Å². The first-order valence-electron chi connectivity index (χ1n) is 7.99. The maximum absolute atomic E-state index is 2.52. The van der Waals surface area contributed by atoms with Gasteiger partial charge < -0.3 is 0 Å². The summed E-state index contributed by atoms with van der Waals surface area (Å²) in [4.78, 5) is 0. The van der Waals surface area contributed by atoms with E-state index in [2.05, 4.69) is 63.6 Å². The Morgan fingerprint density at radius 1 is 0.737 bits per heavy atom. The number of allylic oxidation sites excluding steroid dienone is 4. The SMILES string of the molecule is C[Si](C)(C)CC=CC1CCC(C=CC[Si](C)(C)C)C1. The van der Waals surface area contributed by atoms with Crippen molar-refractivity contribution >= 4 is 16.1 Å². The summed E-state index contributed by atoms with van der Waals surface area (Å²) in [5, 5.41) is 0. The molecule has 0 bridgehead atoms. The van der Waals surface area contributed by atoms with E-state index in [0.29, 0.717) is 0 Å². The Bertz CT molecular complexity index is 283. The highest BCUT2D eigenvalue weighted by Crippen LogP contribution is 2.33. The van der Waals surface area contributed by atoms with Gasteiger partial charge in [0.05, 0.1) is 0 Å². The third-order valence-corrected chi connectivity index (χ3v) is 6.71. The molecule has 1 saturated carbocycles. The lowest BCUT2D eigenvalue weighted by Gasteiger charge is -2.13. The van der Waals surface area contributed by atoms with E-state index in [1.54, 1.807) is 0 Å². The minimum atomic E-state index is -0.884. The average Bonchev–Trinajstić information content (AvgIpc) is 2.62. The van der Waals surface area contributed by atoms with Crippen LogP contribution in [0.15, 0.2) is 24.3 Å². The molecule has 1 fully saturated rings.